The smallest absolute Gasteiger partial charge is 0.348 e. The molecule has 2 aromatic carbocycles. The Morgan fingerprint density at radius 2 is 1.81 bits per heavy atom. The molecule has 3 rings (SSSR count). The fourth-order valence-corrected chi connectivity index (χ4v) is 4.75. The summed E-state index contributed by atoms with van der Waals surface area (Å²) in [7, 11) is -2.68. The molecule has 9 nitrogen and oxygen atoms in total. The number of para-hydroxylation sites is 2. The first kappa shape index (κ1) is 23.6. The van der Waals surface area contributed by atoms with Gasteiger partial charge in [-0.1, -0.05) is 19.1 Å². The molecule has 0 aromatic heterocycles. The molecule has 32 heavy (non-hydrogen) atoms. The highest BCUT2D eigenvalue weighted by Crippen LogP contribution is 2.33. The molecule has 1 heterocycles. The number of hydrogen-bond donors (Lipinski definition) is 0. The number of esters is 1. The number of likely N-dealkylation sites (N-methyl/N-ethyl adjacent to an activating group) is 1. The Kier molecular flexibility index (Phi) is 7.37. The Balaban J connectivity index is 1.84. The molecule has 0 aliphatic carbocycles. The van der Waals surface area contributed by atoms with Crippen molar-refractivity contribution in [2.45, 2.75) is 24.8 Å². The largest absolute Gasteiger partial charge is 0.494 e. The molecule has 1 amide bonds. The van der Waals surface area contributed by atoms with Gasteiger partial charge in [-0.05, 0) is 43.3 Å². The maximum atomic E-state index is 13.2. The second-order valence-corrected chi connectivity index (χ2v) is 8.88. The van der Waals surface area contributed by atoms with Gasteiger partial charge < -0.3 is 19.1 Å². The second-order valence-electron chi connectivity index (χ2n) is 6.94. The molecule has 0 spiro atoms. The highest BCUT2D eigenvalue weighted by Gasteiger charge is 2.36. The van der Waals surface area contributed by atoms with E-state index < -0.39 is 34.5 Å². The number of benzene rings is 2. The van der Waals surface area contributed by atoms with Gasteiger partial charge in [0.1, 0.15) is 11.5 Å². The number of nitrogens with zero attached hydrogens (tertiary/aromatic N) is 2. The van der Waals surface area contributed by atoms with E-state index in [9.17, 15) is 18.0 Å². The van der Waals surface area contributed by atoms with Gasteiger partial charge in [-0.15, -0.1) is 0 Å². The predicted octanol–water partition coefficient (Wildman–Crippen LogP) is 2.06. The first-order chi connectivity index (χ1) is 15.3. The van der Waals surface area contributed by atoms with Crippen molar-refractivity contribution in [3.05, 3.63) is 48.5 Å². The molecule has 10 heteroatoms. The number of amides is 1. The third kappa shape index (κ3) is 4.86. The standard InChI is InChI=1S/C22H26N2O7S/c1-4-23(32(27,28)17-12-10-16(11-13-17)30-5-2)15-21(25)24-14-20(22(26)29-3)31-19-9-7-6-8-18(19)24/h6-13,20H,4-5,14-15H2,1-3H3. The van der Waals surface area contributed by atoms with E-state index in [1.165, 1.54) is 24.1 Å². The molecular weight excluding hydrogens is 436 g/mol. The molecule has 1 aliphatic rings. The van der Waals surface area contributed by atoms with Gasteiger partial charge in [-0.3, -0.25) is 4.79 Å². The van der Waals surface area contributed by atoms with Crippen LogP contribution in [0.2, 0.25) is 0 Å². The van der Waals surface area contributed by atoms with E-state index in [-0.39, 0.29) is 18.0 Å². The number of methoxy groups -OCH3 is 1. The Bertz CT molecular complexity index is 1070. The number of rotatable bonds is 8. The third-order valence-electron chi connectivity index (χ3n) is 4.98. The van der Waals surface area contributed by atoms with Crippen molar-refractivity contribution in [3.8, 4) is 11.5 Å². The van der Waals surface area contributed by atoms with Crippen molar-refractivity contribution < 1.29 is 32.2 Å². The molecule has 0 bridgehead atoms. The van der Waals surface area contributed by atoms with Crippen LogP contribution < -0.4 is 14.4 Å². The molecule has 2 aromatic rings. The average molecular weight is 463 g/mol. The fourth-order valence-electron chi connectivity index (χ4n) is 3.35. The van der Waals surface area contributed by atoms with Crippen LogP contribution in [-0.2, 0) is 24.3 Å². The molecule has 0 saturated carbocycles. The van der Waals surface area contributed by atoms with E-state index in [0.717, 1.165) is 4.31 Å². The lowest BCUT2D eigenvalue weighted by atomic mass is 10.2. The molecule has 1 unspecified atom stereocenters. The van der Waals surface area contributed by atoms with Crippen LogP contribution in [0.4, 0.5) is 5.69 Å². The first-order valence-corrected chi connectivity index (χ1v) is 11.6. The van der Waals surface area contributed by atoms with Crippen molar-refractivity contribution in [2.24, 2.45) is 0 Å². The predicted molar refractivity (Wildman–Crippen MR) is 117 cm³/mol. The van der Waals surface area contributed by atoms with Gasteiger partial charge in [0, 0.05) is 6.54 Å². The van der Waals surface area contributed by atoms with Crippen molar-refractivity contribution in [1.29, 1.82) is 0 Å². The van der Waals surface area contributed by atoms with Gasteiger partial charge in [0.2, 0.25) is 22.0 Å². The van der Waals surface area contributed by atoms with Gasteiger partial charge in [0.25, 0.3) is 0 Å². The Labute approximate surface area is 187 Å². The molecule has 0 radical (unpaired) electrons. The Morgan fingerprint density at radius 3 is 2.44 bits per heavy atom. The van der Waals surface area contributed by atoms with Crippen LogP contribution in [-0.4, -0.2) is 64.1 Å². The topological polar surface area (TPSA) is 102 Å². The average Bonchev–Trinajstić information content (AvgIpc) is 2.81. The van der Waals surface area contributed by atoms with E-state index >= 15 is 0 Å². The Morgan fingerprint density at radius 1 is 1.12 bits per heavy atom. The van der Waals surface area contributed by atoms with E-state index in [0.29, 0.717) is 23.8 Å². The SMILES string of the molecule is CCOc1ccc(S(=O)(=O)N(CC)CC(=O)N2CC(C(=O)OC)Oc3ccccc32)cc1. The van der Waals surface area contributed by atoms with Crippen LogP contribution in [0.5, 0.6) is 11.5 Å². The summed E-state index contributed by atoms with van der Waals surface area (Å²) >= 11 is 0. The summed E-state index contributed by atoms with van der Waals surface area (Å²) in [5, 5.41) is 0. The first-order valence-electron chi connectivity index (χ1n) is 10.2. The van der Waals surface area contributed by atoms with E-state index in [1.54, 1.807) is 43.3 Å². The third-order valence-corrected chi connectivity index (χ3v) is 6.91. The van der Waals surface area contributed by atoms with Crippen molar-refractivity contribution >= 4 is 27.6 Å². The number of carbonyl (C=O) groups excluding carboxylic acids is 2. The summed E-state index contributed by atoms with van der Waals surface area (Å²) in [4.78, 5) is 26.7. The zero-order valence-electron chi connectivity index (χ0n) is 18.2. The molecule has 0 N–H and O–H groups in total. The zero-order chi connectivity index (χ0) is 23.3. The highest BCUT2D eigenvalue weighted by atomic mass is 32.2. The summed E-state index contributed by atoms with van der Waals surface area (Å²) in [5.41, 5.74) is 0.465. The minimum atomic E-state index is -3.92. The van der Waals surface area contributed by atoms with Gasteiger partial charge in [0.05, 0.1) is 37.4 Å². The highest BCUT2D eigenvalue weighted by molar-refractivity contribution is 7.89. The molecule has 1 atom stereocenters. The van der Waals surface area contributed by atoms with E-state index in [4.69, 9.17) is 14.2 Å². The lowest BCUT2D eigenvalue weighted by molar-refractivity contribution is -0.148. The maximum Gasteiger partial charge on any atom is 0.348 e. The minimum Gasteiger partial charge on any atom is -0.494 e. The van der Waals surface area contributed by atoms with Crippen LogP contribution in [0.3, 0.4) is 0 Å². The van der Waals surface area contributed by atoms with Crippen LogP contribution in [0.1, 0.15) is 13.8 Å². The molecule has 172 valence electrons. The Hall–Kier alpha value is -3.11. The molecule has 0 saturated heterocycles. The van der Waals surface area contributed by atoms with Crippen LogP contribution >= 0.6 is 0 Å². The summed E-state index contributed by atoms with van der Waals surface area (Å²) in [6, 6.07) is 12.8. The second kappa shape index (κ2) is 10.0. The normalized spacial score (nSPS) is 15.6. The number of carbonyl (C=O) groups is 2. The van der Waals surface area contributed by atoms with Gasteiger partial charge in [0.15, 0.2) is 0 Å². The number of ether oxygens (including phenoxy) is 3. The molecule has 0 fully saturated rings. The number of fused-ring (bicyclic) bond motifs is 1. The zero-order valence-corrected chi connectivity index (χ0v) is 19.0. The molecular formula is C22H26N2O7S. The van der Waals surface area contributed by atoms with Crippen molar-refractivity contribution in [1.82, 2.24) is 4.31 Å². The van der Waals surface area contributed by atoms with Gasteiger partial charge >= 0.3 is 5.97 Å². The number of anilines is 1. The van der Waals surface area contributed by atoms with Crippen molar-refractivity contribution in [2.75, 3.05) is 38.3 Å². The summed E-state index contributed by atoms with van der Waals surface area (Å²) in [6.07, 6.45) is -1.00. The van der Waals surface area contributed by atoms with E-state index in [1.807, 2.05) is 6.92 Å². The lowest BCUT2D eigenvalue weighted by Gasteiger charge is -2.34. The summed E-state index contributed by atoms with van der Waals surface area (Å²) < 4.78 is 43.1. The lowest BCUT2D eigenvalue weighted by Crippen LogP contribution is -2.50. The maximum absolute atomic E-state index is 13.2. The summed E-state index contributed by atoms with van der Waals surface area (Å²) in [5.74, 6) is -0.193. The van der Waals surface area contributed by atoms with Crippen LogP contribution in [0, 0.1) is 0 Å². The monoisotopic (exact) mass is 462 g/mol. The minimum absolute atomic E-state index is 0.0606. The van der Waals surface area contributed by atoms with Crippen LogP contribution in [0.15, 0.2) is 53.4 Å². The summed E-state index contributed by atoms with van der Waals surface area (Å²) in [6.45, 7) is 3.58. The molecule has 1 aliphatic heterocycles. The van der Waals surface area contributed by atoms with Gasteiger partial charge in [-0.25, -0.2) is 13.2 Å². The van der Waals surface area contributed by atoms with E-state index in [2.05, 4.69) is 0 Å². The fraction of sp³-hybridized carbons (Fsp3) is 0.364. The van der Waals surface area contributed by atoms with Crippen LogP contribution in [0.25, 0.3) is 0 Å². The quantitative estimate of drug-likeness (QED) is 0.553. The number of hydrogen-bond acceptors (Lipinski definition) is 7. The number of sulfonamides is 1. The van der Waals surface area contributed by atoms with Gasteiger partial charge in [-0.2, -0.15) is 4.31 Å². The van der Waals surface area contributed by atoms with Crippen molar-refractivity contribution in [3.63, 3.8) is 0 Å².